The van der Waals surface area contributed by atoms with Crippen molar-refractivity contribution in [2.24, 2.45) is 5.41 Å². The van der Waals surface area contributed by atoms with Crippen LogP contribution in [0, 0.1) is 5.41 Å². The van der Waals surface area contributed by atoms with Crippen LogP contribution in [0.1, 0.15) is 19.8 Å². The highest BCUT2D eigenvalue weighted by Gasteiger charge is 2.26. The van der Waals surface area contributed by atoms with E-state index in [1.807, 2.05) is 4.68 Å². The van der Waals surface area contributed by atoms with Gasteiger partial charge in [0.1, 0.15) is 12.7 Å². The normalized spacial score (nSPS) is 19.8. The van der Waals surface area contributed by atoms with Gasteiger partial charge in [0.05, 0.1) is 6.54 Å². The molecular weight excluding hydrogens is 204 g/mol. The molecule has 1 fully saturated rings. The van der Waals surface area contributed by atoms with Gasteiger partial charge in [0.25, 0.3) is 0 Å². The van der Waals surface area contributed by atoms with Gasteiger partial charge in [-0.25, -0.2) is 4.98 Å². The Bertz CT molecular complexity index is 293. The van der Waals surface area contributed by atoms with E-state index in [9.17, 15) is 0 Å². The molecule has 0 aliphatic carbocycles. The number of nitrogens with zero attached hydrogens (tertiary/aromatic N) is 3. The number of aromatic nitrogens is 3. The highest BCUT2D eigenvalue weighted by Crippen LogP contribution is 2.28. The minimum absolute atomic E-state index is 0.403. The van der Waals surface area contributed by atoms with Crippen molar-refractivity contribution < 1.29 is 4.74 Å². The van der Waals surface area contributed by atoms with E-state index in [1.54, 1.807) is 12.7 Å². The predicted octanol–water partition coefficient (Wildman–Crippen LogP) is 0.684. The van der Waals surface area contributed by atoms with Crippen LogP contribution < -0.4 is 5.32 Å². The van der Waals surface area contributed by atoms with Gasteiger partial charge in [-0.15, -0.1) is 0 Å². The second kappa shape index (κ2) is 5.41. The molecule has 0 unspecified atom stereocenters. The lowest BCUT2D eigenvalue weighted by Gasteiger charge is -2.33. The van der Waals surface area contributed by atoms with Crippen LogP contribution in [0.2, 0.25) is 0 Å². The van der Waals surface area contributed by atoms with Crippen molar-refractivity contribution in [1.82, 2.24) is 20.1 Å². The summed E-state index contributed by atoms with van der Waals surface area (Å²) in [5, 5.41) is 7.55. The first-order valence-corrected chi connectivity index (χ1v) is 5.89. The van der Waals surface area contributed by atoms with E-state index >= 15 is 0 Å². The standard InChI is InChI=1S/C11H20N4O/c1-11(2-6-16-7-3-11)8-12-4-5-15-10-13-9-14-15/h9-10,12H,2-8H2,1H3. The molecule has 1 aliphatic rings. The maximum atomic E-state index is 5.38. The summed E-state index contributed by atoms with van der Waals surface area (Å²) in [6.45, 7) is 7.03. The van der Waals surface area contributed by atoms with E-state index in [2.05, 4.69) is 22.3 Å². The van der Waals surface area contributed by atoms with Gasteiger partial charge in [0, 0.05) is 26.3 Å². The molecule has 5 nitrogen and oxygen atoms in total. The lowest BCUT2D eigenvalue weighted by atomic mass is 9.82. The SMILES string of the molecule is CC1(CNCCn2cncn2)CCOCC1. The smallest absolute Gasteiger partial charge is 0.137 e. The molecule has 0 atom stereocenters. The summed E-state index contributed by atoms with van der Waals surface area (Å²) in [5.41, 5.74) is 0.403. The van der Waals surface area contributed by atoms with E-state index < -0.39 is 0 Å². The summed E-state index contributed by atoms with van der Waals surface area (Å²) < 4.78 is 7.23. The molecule has 1 aromatic heterocycles. The van der Waals surface area contributed by atoms with Gasteiger partial charge < -0.3 is 10.1 Å². The Morgan fingerprint density at radius 1 is 1.44 bits per heavy atom. The molecule has 2 rings (SSSR count). The molecule has 5 heteroatoms. The van der Waals surface area contributed by atoms with E-state index in [0.717, 1.165) is 45.7 Å². The van der Waals surface area contributed by atoms with Crippen molar-refractivity contribution in [3.8, 4) is 0 Å². The van der Waals surface area contributed by atoms with Gasteiger partial charge in [0.15, 0.2) is 0 Å². The van der Waals surface area contributed by atoms with Gasteiger partial charge in [-0.05, 0) is 18.3 Å². The lowest BCUT2D eigenvalue weighted by molar-refractivity contribution is 0.0241. The van der Waals surface area contributed by atoms with Gasteiger partial charge in [0.2, 0.25) is 0 Å². The second-order valence-corrected chi connectivity index (χ2v) is 4.76. The molecule has 1 aromatic rings. The minimum Gasteiger partial charge on any atom is -0.381 e. The lowest BCUT2D eigenvalue weighted by Crippen LogP contribution is -2.37. The second-order valence-electron chi connectivity index (χ2n) is 4.76. The van der Waals surface area contributed by atoms with Gasteiger partial charge in [-0.1, -0.05) is 6.92 Å². The zero-order chi connectivity index (χ0) is 11.3. The van der Waals surface area contributed by atoms with Crippen LogP contribution in [0.25, 0.3) is 0 Å². The molecule has 2 heterocycles. The van der Waals surface area contributed by atoms with Crippen LogP contribution in [-0.2, 0) is 11.3 Å². The van der Waals surface area contributed by atoms with Crippen LogP contribution in [0.5, 0.6) is 0 Å². The fraction of sp³-hybridized carbons (Fsp3) is 0.818. The summed E-state index contributed by atoms with van der Waals surface area (Å²) in [4.78, 5) is 3.91. The summed E-state index contributed by atoms with van der Waals surface area (Å²) in [6.07, 6.45) is 5.63. The van der Waals surface area contributed by atoms with Crippen LogP contribution >= 0.6 is 0 Å². The van der Waals surface area contributed by atoms with Crippen molar-refractivity contribution in [2.75, 3.05) is 26.3 Å². The topological polar surface area (TPSA) is 52.0 Å². The van der Waals surface area contributed by atoms with Crippen molar-refractivity contribution in [2.45, 2.75) is 26.3 Å². The van der Waals surface area contributed by atoms with E-state index in [4.69, 9.17) is 4.74 Å². The van der Waals surface area contributed by atoms with Crippen LogP contribution in [0.4, 0.5) is 0 Å². The molecule has 16 heavy (non-hydrogen) atoms. The number of hydrogen-bond acceptors (Lipinski definition) is 4. The molecule has 90 valence electrons. The predicted molar refractivity (Wildman–Crippen MR) is 61.1 cm³/mol. The molecule has 1 N–H and O–H groups in total. The third kappa shape index (κ3) is 3.28. The number of ether oxygens (including phenoxy) is 1. The van der Waals surface area contributed by atoms with Crippen LogP contribution in [0.3, 0.4) is 0 Å². The fourth-order valence-electron chi connectivity index (χ4n) is 1.97. The largest absolute Gasteiger partial charge is 0.381 e. The Morgan fingerprint density at radius 2 is 2.25 bits per heavy atom. The average Bonchev–Trinajstić information content (AvgIpc) is 2.78. The summed E-state index contributed by atoms with van der Waals surface area (Å²) in [6, 6.07) is 0. The van der Waals surface area contributed by atoms with Crippen LogP contribution in [0.15, 0.2) is 12.7 Å². The number of rotatable bonds is 5. The molecule has 0 bridgehead atoms. The minimum atomic E-state index is 0.403. The Morgan fingerprint density at radius 3 is 2.94 bits per heavy atom. The van der Waals surface area contributed by atoms with Gasteiger partial charge >= 0.3 is 0 Å². The van der Waals surface area contributed by atoms with Crippen LogP contribution in [-0.4, -0.2) is 41.1 Å². The summed E-state index contributed by atoms with van der Waals surface area (Å²) in [7, 11) is 0. The quantitative estimate of drug-likeness (QED) is 0.747. The maximum Gasteiger partial charge on any atom is 0.137 e. The maximum absolute atomic E-state index is 5.38. The monoisotopic (exact) mass is 224 g/mol. The summed E-state index contributed by atoms with van der Waals surface area (Å²) >= 11 is 0. The van der Waals surface area contributed by atoms with E-state index in [-0.39, 0.29) is 0 Å². The van der Waals surface area contributed by atoms with Crippen molar-refractivity contribution in [3.63, 3.8) is 0 Å². The molecule has 0 spiro atoms. The van der Waals surface area contributed by atoms with Gasteiger partial charge in [-0.2, -0.15) is 5.10 Å². The Balaban J connectivity index is 1.63. The zero-order valence-electron chi connectivity index (χ0n) is 9.85. The zero-order valence-corrected chi connectivity index (χ0v) is 9.85. The first-order chi connectivity index (χ1) is 7.79. The first-order valence-electron chi connectivity index (χ1n) is 5.89. The highest BCUT2D eigenvalue weighted by atomic mass is 16.5. The van der Waals surface area contributed by atoms with Crippen molar-refractivity contribution in [1.29, 1.82) is 0 Å². The molecule has 0 amide bonds. The molecule has 0 aromatic carbocycles. The third-order valence-corrected chi connectivity index (χ3v) is 3.24. The average molecular weight is 224 g/mol. The molecule has 0 saturated carbocycles. The fourth-order valence-corrected chi connectivity index (χ4v) is 1.97. The molecule has 1 aliphatic heterocycles. The number of nitrogens with one attached hydrogen (secondary N) is 1. The Hall–Kier alpha value is -0.940. The highest BCUT2D eigenvalue weighted by molar-refractivity contribution is 4.79. The molecule has 1 saturated heterocycles. The van der Waals surface area contributed by atoms with E-state index in [1.165, 1.54) is 0 Å². The number of hydrogen-bond donors (Lipinski definition) is 1. The Labute approximate surface area is 96.2 Å². The van der Waals surface area contributed by atoms with Gasteiger partial charge in [-0.3, -0.25) is 4.68 Å². The summed E-state index contributed by atoms with van der Waals surface area (Å²) in [5.74, 6) is 0. The first kappa shape index (κ1) is 11.5. The molecular formula is C11H20N4O. The van der Waals surface area contributed by atoms with Crippen molar-refractivity contribution >= 4 is 0 Å². The Kier molecular flexibility index (Phi) is 3.90. The third-order valence-electron chi connectivity index (χ3n) is 3.24. The van der Waals surface area contributed by atoms with E-state index in [0.29, 0.717) is 5.41 Å². The van der Waals surface area contributed by atoms with Crippen molar-refractivity contribution in [3.05, 3.63) is 12.7 Å². The molecule has 0 radical (unpaired) electrons.